The van der Waals surface area contributed by atoms with Crippen LogP contribution in [0.3, 0.4) is 0 Å². The van der Waals surface area contributed by atoms with Crippen molar-refractivity contribution < 1.29 is 0 Å². The highest BCUT2D eigenvalue weighted by Gasteiger charge is 2.15. The van der Waals surface area contributed by atoms with Crippen LogP contribution in [0.4, 0.5) is 0 Å². The van der Waals surface area contributed by atoms with E-state index in [2.05, 4.69) is 55.1 Å². The Kier molecular flexibility index (Phi) is 6.35. The maximum atomic E-state index is 13.4. The number of hydrogen-bond donors (Lipinski definition) is 1. The Morgan fingerprint density at radius 2 is 1.85 bits per heavy atom. The third-order valence-electron chi connectivity index (χ3n) is 5.69. The van der Waals surface area contributed by atoms with Gasteiger partial charge in [0.05, 0.1) is 12.2 Å². The third-order valence-corrected chi connectivity index (χ3v) is 6.61. The van der Waals surface area contributed by atoms with Gasteiger partial charge in [-0.25, -0.2) is 4.79 Å². The van der Waals surface area contributed by atoms with Crippen LogP contribution in [0.1, 0.15) is 24.6 Å². The SMILES string of the molecule is CCCc1cn(-c2ccccc2I)c(=O)n1Cc1ccc(-c2cnccc2-c2nn[nH]n2)cc1. The number of H-pyrrole nitrogens is 1. The van der Waals surface area contributed by atoms with E-state index >= 15 is 0 Å². The lowest BCUT2D eigenvalue weighted by Gasteiger charge is -2.09. The Morgan fingerprint density at radius 1 is 1.03 bits per heavy atom. The molecule has 0 bridgehead atoms. The first-order valence-electron chi connectivity index (χ1n) is 11.0. The molecule has 0 fully saturated rings. The molecule has 1 N–H and O–H groups in total. The maximum absolute atomic E-state index is 13.4. The number of halogens is 1. The number of rotatable bonds is 7. The van der Waals surface area contributed by atoms with Gasteiger partial charge in [0.2, 0.25) is 5.82 Å². The van der Waals surface area contributed by atoms with E-state index in [1.807, 2.05) is 65.4 Å². The fraction of sp³-hybridized carbons (Fsp3) is 0.160. The number of benzene rings is 2. The Hall–Kier alpha value is -3.60. The lowest BCUT2D eigenvalue weighted by atomic mass is 10.0. The molecular weight excluding hydrogens is 541 g/mol. The molecule has 3 heterocycles. The maximum Gasteiger partial charge on any atom is 0.333 e. The molecule has 0 aliphatic rings. The zero-order valence-electron chi connectivity index (χ0n) is 18.5. The van der Waals surface area contributed by atoms with Crippen LogP contribution in [0.15, 0.2) is 78.0 Å². The van der Waals surface area contributed by atoms with Crippen molar-refractivity contribution in [1.29, 1.82) is 0 Å². The summed E-state index contributed by atoms with van der Waals surface area (Å²) in [6.07, 6.45) is 7.29. The molecule has 0 amide bonds. The molecule has 0 aliphatic heterocycles. The van der Waals surface area contributed by atoms with Gasteiger partial charge in [0.1, 0.15) is 0 Å². The van der Waals surface area contributed by atoms with Crippen LogP contribution >= 0.6 is 22.6 Å². The summed E-state index contributed by atoms with van der Waals surface area (Å²) in [4.78, 5) is 17.6. The van der Waals surface area contributed by atoms with E-state index in [9.17, 15) is 4.79 Å². The largest absolute Gasteiger partial charge is 0.333 e. The molecule has 2 aromatic carbocycles. The molecule has 5 rings (SSSR count). The van der Waals surface area contributed by atoms with Gasteiger partial charge < -0.3 is 0 Å². The smallest absolute Gasteiger partial charge is 0.292 e. The van der Waals surface area contributed by atoms with Gasteiger partial charge >= 0.3 is 5.69 Å². The molecule has 0 saturated heterocycles. The number of aromatic amines is 1. The minimum Gasteiger partial charge on any atom is -0.292 e. The summed E-state index contributed by atoms with van der Waals surface area (Å²) in [5.74, 6) is 0.522. The Balaban J connectivity index is 1.48. The van der Waals surface area contributed by atoms with Crippen LogP contribution in [0.25, 0.3) is 28.2 Å². The third kappa shape index (κ3) is 4.30. The average Bonchev–Trinajstić information content (AvgIpc) is 3.50. The highest BCUT2D eigenvalue weighted by molar-refractivity contribution is 14.1. The first-order chi connectivity index (χ1) is 16.7. The molecule has 0 unspecified atom stereocenters. The van der Waals surface area contributed by atoms with Gasteiger partial charge in [-0.3, -0.25) is 14.1 Å². The number of para-hydroxylation sites is 1. The Labute approximate surface area is 209 Å². The zero-order chi connectivity index (χ0) is 23.5. The fourth-order valence-electron chi connectivity index (χ4n) is 4.04. The summed E-state index contributed by atoms with van der Waals surface area (Å²) in [6.45, 7) is 2.64. The Bertz CT molecular complexity index is 1470. The van der Waals surface area contributed by atoms with Crippen LogP contribution in [0.2, 0.25) is 0 Å². The van der Waals surface area contributed by atoms with E-state index in [-0.39, 0.29) is 5.69 Å². The number of aromatic nitrogens is 7. The first kappa shape index (κ1) is 22.2. The number of pyridine rings is 1. The normalized spacial score (nSPS) is 11.1. The molecule has 5 aromatic rings. The summed E-state index contributed by atoms with van der Waals surface area (Å²) >= 11 is 2.27. The van der Waals surface area contributed by atoms with Gasteiger partial charge in [0, 0.05) is 39.0 Å². The van der Waals surface area contributed by atoms with E-state index in [1.165, 1.54) is 0 Å². The molecule has 0 saturated carbocycles. The number of nitrogens with one attached hydrogen (secondary N) is 1. The highest BCUT2D eigenvalue weighted by atomic mass is 127. The van der Waals surface area contributed by atoms with E-state index in [4.69, 9.17) is 0 Å². The number of hydrogen-bond acceptors (Lipinski definition) is 5. The molecule has 8 nitrogen and oxygen atoms in total. The van der Waals surface area contributed by atoms with Gasteiger partial charge in [0.25, 0.3) is 0 Å². The molecule has 3 aromatic heterocycles. The van der Waals surface area contributed by atoms with Crippen molar-refractivity contribution >= 4 is 22.6 Å². The fourth-order valence-corrected chi connectivity index (χ4v) is 4.69. The predicted octanol–water partition coefficient (Wildman–Crippen LogP) is 4.49. The minimum absolute atomic E-state index is 0.0247. The van der Waals surface area contributed by atoms with Crippen molar-refractivity contribution in [2.24, 2.45) is 0 Å². The first-order valence-corrected chi connectivity index (χ1v) is 12.1. The molecule has 0 aliphatic carbocycles. The van der Waals surface area contributed by atoms with Crippen LogP contribution in [0, 0.1) is 3.57 Å². The summed E-state index contributed by atoms with van der Waals surface area (Å²) in [5.41, 5.74) is 5.73. The molecule has 9 heteroatoms. The van der Waals surface area contributed by atoms with Crippen LogP contribution in [-0.2, 0) is 13.0 Å². The van der Waals surface area contributed by atoms with E-state index in [0.29, 0.717) is 12.4 Å². The van der Waals surface area contributed by atoms with E-state index in [1.54, 1.807) is 17.0 Å². The second-order valence-electron chi connectivity index (χ2n) is 7.91. The molecule has 170 valence electrons. The zero-order valence-corrected chi connectivity index (χ0v) is 20.7. The minimum atomic E-state index is -0.0247. The quantitative estimate of drug-likeness (QED) is 0.295. The lowest BCUT2D eigenvalue weighted by molar-refractivity contribution is 0.691. The van der Waals surface area contributed by atoms with E-state index < -0.39 is 0 Å². The van der Waals surface area contributed by atoms with E-state index in [0.717, 1.165) is 50.0 Å². The standard InChI is InChI=1S/C25H22IN7O/c1-2-5-19-16-33(23-7-4-3-6-22(23)26)25(34)32(19)15-17-8-10-18(11-9-17)21-14-27-13-12-20(21)24-28-30-31-29-24/h3-4,6-14,16H,2,5,15H2,1H3,(H,28,29,30,31). The van der Waals surface area contributed by atoms with Crippen molar-refractivity contribution in [1.82, 2.24) is 34.7 Å². The monoisotopic (exact) mass is 563 g/mol. The molecule has 0 atom stereocenters. The summed E-state index contributed by atoms with van der Waals surface area (Å²) in [6, 6.07) is 18.0. The van der Waals surface area contributed by atoms with Gasteiger partial charge in [0.15, 0.2) is 0 Å². The summed E-state index contributed by atoms with van der Waals surface area (Å²) in [5, 5.41) is 14.4. The molecule has 34 heavy (non-hydrogen) atoms. The van der Waals surface area contributed by atoms with Crippen LogP contribution < -0.4 is 5.69 Å². The number of tetrazole rings is 1. The summed E-state index contributed by atoms with van der Waals surface area (Å²) < 4.78 is 4.67. The lowest BCUT2D eigenvalue weighted by Crippen LogP contribution is -2.25. The topological polar surface area (TPSA) is 94.3 Å². The molecule has 0 radical (unpaired) electrons. The summed E-state index contributed by atoms with van der Waals surface area (Å²) in [7, 11) is 0. The van der Waals surface area contributed by atoms with Crippen molar-refractivity contribution in [3.63, 3.8) is 0 Å². The van der Waals surface area contributed by atoms with Gasteiger partial charge in [-0.05, 0) is 63.6 Å². The second kappa shape index (κ2) is 9.72. The molecule has 0 spiro atoms. The molecular formula is C25H22IN7O. The van der Waals surface area contributed by atoms with Crippen molar-refractivity contribution in [2.45, 2.75) is 26.3 Å². The Morgan fingerprint density at radius 3 is 2.59 bits per heavy atom. The van der Waals surface area contributed by atoms with Crippen LogP contribution in [0.5, 0.6) is 0 Å². The van der Waals surface area contributed by atoms with Crippen molar-refractivity contribution in [3.8, 4) is 28.2 Å². The highest BCUT2D eigenvalue weighted by Crippen LogP contribution is 2.29. The van der Waals surface area contributed by atoms with Gasteiger partial charge in [-0.2, -0.15) is 5.21 Å². The number of aryl methyl sites for hydroxylation is 1. The number of imidazole rings is 1. The van der Waals surface area contributed by atoms with Gasteiger partial charge in [-0.1, -0.05) is 49.7 Å². The average molecular weight is 563 g/mol. The van der Waals surface area contributed by atoms with Gasteiger partial charge in [-0.15, -0.1) is 10.2 Å². The van der Waals surface area contributed by atoms with Crippen LogP contribution in [-0.4, -0.2) is 34.7 Å². The number of nitrogens with zero attached hydrogens (tertiary/aromatic N) is 6. The van der Waals surface area contributed by atoms with Crippen molar-refractivity contribution in [3.05, 3.63) is 98.5 Å². The van der Waals surface area contributed by atoms with Crippen molar-refractivity contribution in [2.75, 3.05) is 0 Å². The predicted molar refractivity (Wildman–Crippen MR) is 139 cm³/mol. The second-order valence-corrected chi connectivity index (χ2v) is 9.08.